The first-order valence-corrected chi connectivity index (χ1v) is 11.5. The van der Waals surface area contributed by atoms with E-state index in [9.17, 15) is 9.90 Å². The SMILES string of the molecule is COCC(=O)N1CCCCN2[C@H](C1)[C@@H](c1ccc(C#Cc3ccc(OC)cc3)cc1)[C@@H]2CO. The molecule has 1 N–H and O–H groups in total. The molecule has 174 valence electrons. The third-order valence-corrected chi connectivity index (χ3v) is 6.73. The summed E-state index contributed by atoms with van der Waals surface area (Å²) in [6.45, 7) is 2.63. The van der Waals surface area contributed by atoms with Gasteiger partial charge in [-0.2, -0.15) is 0 Å². The summed E-state index contributed by atoms with van der Waals surface area (Å²) in [7, 11) is 3.21. The molecule has 0 saturated carbocycles. The number of carbonyl (C=O) groups excluding carboxylic acids is 1. The van der Waals surface area contributed by atoms with Crippen molar-refractivity contribution in [1.82, 2.24) is 9.80 Å². The predicted octanol–water partition coefficient (Wildman–Crippen LogP) is 2.49. The van der Waals surface area contributed by atoms with Crippen molar-refractivity contribution in [3.8, 4) is 17.6 Å². The van der Waals surface area contributed by atoms with Crippen LogP contribution in [-0.2, 0) is 9.53 Å². The molecule has 6 nitrogen and oxygen atoms in total. The van der Waals surface area contributed by atoms with E-state index in [1.807, 2.05) is 41.3 Å². The Kier molecular flexibility index (Phi) is 7.66. The molecule has 6 heteroatoms. The maximum atomic E-state index is 12.5. The Morgan fingerprint density at radius 2 is 1.64 bits per heavy atom. The molecule has 2 aromatic rings. The van der Waals surface area contributed by atoms with Gasteiger partial charge in [0.05, 0.1) is 13.7 Å². The van der Waals surface area contributed by atoms with Gasteiger partial charge in [0, 0.05) is 49.3 Å². The summed E-state index contributed by atoms with van der Waals surface area (Å²) >= 11 is 0. The van der Waals surface area contributed by atoms with Crippen molar-refractivity contribution in [3.63, 3.8) is 0 Å². The molecular weight excluding hydrogens is 416 g/mol. The molecule has 2 heterocycles. The molecule has 0 aromatic heterocycles. The average molecular weight is 449 g/mol. The Morgan fingerprint density at radius 1 is 1.00 bits per heavy atom. The zero-order valence-electron chi connectivity index (χ0n) is 19.4. The van der Waals surface area contributed by atoms with Crippen LogP contribution in [0.4, 0.5) is 0 Å². The van der Waals surface area contributed by atoms with Crippen LogP contribution in [0.15, 0.2) is 48.5 Å². The van der Waals surface area contributed by atoms with E-state index in [1.165, 1.54) is 5.56 Å². The predicted molar refractivity (Wildman–Crippen MR) is 127 cm³/mol. The highest BCUT2D eigenvalue weighted by atomic mass is 16.5. The van der Waals surface area contributed by atoms with Crippen LogP contribution >= 0.6 is 0 Å². The fourth-order valence-corrected chi connectivity index (χ4v) is 4.99. The third-order valence-electron chi connectivity index (χ3n) is 6.73. The van der Waals surface area contributed by atoms with Gasteiger partial charge in [0.25, 0.3) is 0 Å². The van der Waals surface area contributed by atoms with Gasteiger partial charge in [-0.25, -0.2) is 0 Å². The summed E-state index contributed by atoms with van der Waals surface area (Å²) in [4.78, 5) is 16.8. The molecule has 4 rings (SSSR count). The summed E-state index contributed by atoms with van der Waals surface area (Å²) in [5.41, 5.74) is 3.07. The maximum Gasteiger partial charge on any atom is 0.248 e. The fourth-order valence-electron chi connectivity index (χ4n) is 4.99. The smallest absolute Gasteiger partial charge is 0.248 e. The van der Waals surface area contributed by atoms with Crippen LogP contribution in [0.25, 0.3) is 0 Å². The molecule has 1 amide bonds. The lowest BCUT2D eigenvalue weighted by atomic mass is 9.74. The number of hydrogen-bond donors (Lipinski definition) is 1. The molecule has 2 aliphatic rings. The van der Waals surface area contributed by atoms with Crippen molar-refractivity contribution in [2.75, 3.05) is 47.1 Å². The molecule has 0 bridgehead atoms. The molecule has 0 aliphatic carbocycles. The first-order chi connectivity index (χ1) is 16.1. The standard InChI is InChI=1S/C27H32N2O4/c1-32-19-26(31)28-15-3-4-16-29-24(17-28)27(25(29)18-30)22-11-7-20(8-12-22)5-6-21-9-13-23(33-2)14-10-21/h7-14,24-25,27,30H,3-4,15-19H2,1-2H3/t24-,25+,27-/m1/s1. The Hall–Kier alpha value is -2.85. The minimum atomic E-state index is 0.0368. The van der Waals surface area contributed by atoms with Gasteiger partial charge in [-0.05, 0) is 61.3 Å². The number of nitrogens with zero attached hydrogens (tertiary/aromatic N) is 2. The van der Waals surface area contributed by atoms with E-state index >= 15 is 0 Å². The van der Waals surface area contributed by atoms with E-state index in [-0.39, 0.29) is 37.1 Å². The molecule has 0 spiro atoms. The van der Waals surface area contributed by atoms with E-state index in [0.29, 0.717) is 6.54 Å². The van der Waals surface area contributed by atoms with Crippen LogP contribution < -0.4 is 4.74 Å². The maximum absolute atomic E-state index is 12.5. The Bertz CT molecular complexity index is 994. The molecule has 2 saturated heterocycles. The normalized spacial score (nSPS) is 22.8. The minimum absolute atomic E-state index is 0.0368. The van der Waals surface area contributed by atoms with Gasteiger partial charge in [0.1, 0.15) is 12.4 Å². The van der Waals surface area contributed by atoms with E-state index in [4.69, 9.17) is 9.47 Å². The van der Waals surface area contributed by atoms with Crippen molar-refractivity contribution in [3.05, 3.63) is 65.2 Å². The quantitative estimate of drug-likeness (QED) is 0.713. The second-order valence-corrected chi connectivity index (χ2v) is 8.66. The average Bonchev–Trinajstić information content (AvgIpc) is 2.83. The summed E-state index contributed by atoms with van der Waals surface area (Å²) in [5.74, 6) is 7.45. The molecule has 3 atom stereocenters. The van der Waals surface area contributed by atoms with Crippen molar-refractivity contribution >= 4 is 5.91 Å². The van der Waals surface area contributed by atoms with E-state index in [1.54, 1.807) is 14.2 Å². The fraction of sp³-hybridized carbons (Fsp3) is 0.444. The Labute approximate surface area is 196 Å². The molecule has 2 aromatic carbocycles. The number of carbonyl (C=O) groups is 1. The molecular formula is C27H32N2O4. The summed E-state index contributed by atoms with van der Waals surface area (Å²) < 4.78 is 10.3. The van der Waals surface area contributed by atoms with Crippen molar-refractivity contribution in [1.29, 1.82) is 0 Å². The third kappa shape index (κ3) is 5.22. The molecule has 33 heavy (non-hydrogen) atoms. The molecule has 0 radical (unpaired) electrons. The van der Waals surface area contributed by atoms with Gasteiger partial charge < -0.3 is 19.5 Å². The summed E-state index contributed by atoms with van der Waals surface area (Å²) in [6.07, 6.45) is 2.00. The summed E-state index contributed by atoms with van der Waals surface area (Å²) in [6, 6.07) is 16.3. The number of rotatable bonds is 5. The Morgan fingerprint density at radius 3 is 2.24 bits per heavy atom. The van der Waals surface area contributed by atoms with Gasteiger partial charge in [-0.3, -0.25) is 9.69 Å². The van der Waals surface area contributed by atoms with Crippen LogP contribution in [0, 0.1) is 11.8 Å². The topological polar surface area (TPSA) is 62.2 Å². The van der Waals surface area contributed by atoms with E-state index in [0.717, 1.165) is 42.8 Å². The van der Waals surface area contributed by atoms with Crippen molar-refractivity contribution in [2.24, 2.45) is 0 Å². The highest BCUT2D eigenvalue weighted by Crippen LogP contribution is 2.41. The van der Waals surface area contributed by atoms with Crippen LogP contribution in [-0.4, -0.2) is 80.0 Å². The zero-order valence-corrected chi connectivity index (χ0v) is 19.4. The second-order valence-electron chi connectivity index (χ2n) is 8.66. The number of ether oxygens (including phenoxy) is 2. The lowest BCUT2D eigenvalue weighted by Crippen LogP contribution is -2.68. The number of benzene rings is 2. The van der Waals surface area contributed by atoms with Crippen LogP contribution in [0.1, 0.15) is 35.4 Å². The van der Waals surface area contributed by atoms with Gasteiger partial charge in [0.2, 0.25) is 5.91 Å². The number of methoxy groups -OCH3 is 2. The lowest BCUT2D eigenvalue weighted by Gasteiger charge is -2.57. The van der Waals surface area contributed by atoms with Crippen LogP contribution in [0.2, 0.25) is 0 Å². The summed E-state index contributed by atoms with van der Waals surface area (Å²) in [5, 5.41) is 10.1. The van der Waals surface area contributed by atoms with E-state index in [2.05, 4.69) is 28.9 Å². The van der Waals surface area contributed by atoms with Gasteiger partial charge in [-0.15, -0.1) is 0 Å². The lowest BCUT2D eigenvalue weighted by molar-refractivity contribution is -0.140. The molecule has 2 aliphatic heterocycles. The monoisotopic (exact) mass is 448 g/mol. The number of hydrogen-bond acceptors (Lipinski definition) is 5. The highest BCUT2D eigenvalue weighted by molar-refractivity contribution is 5.77. The Balaban J connectivity index is 1.49. The van der Waals surface area contributed by atoms with Crippen molar-refractivity contribution < 1.29 is 19.4 Å². The van der Waals surface area contributed by atoms with Gasteiger partial charge in [0.15, 0.2) is 0 Å². The number of fused-ring (bicyclic) bond motifs is 1. The number of aliphatic hydroxyl groups is 1. The minimum Gasteiger partial charge on any atom is -0.497 e. The van der Waals surface area contributed by atoms with Crippen LogP contribution in [0.5, 0.6) is 5.75 Å². The first-order valence-electron chi connectivity index (χ1n) is 11.5. The largest absolute Gasteiger partial charge is 0.497 e. The zero-order chi connectivity index (χ0) is 23.2. The second kappa shape index (κ2) is 10.8. The number of aliphatic hydroxyl groups excluding tert-OH is 1. The molecule has 0 unspecified atom stereocenters. The molecule has 2 fully saturated rings. The first kappa shape index (κ1) is 23.3. The van der Waals surface area contributed by atoms with Crippen molar-refractivity contribution in [2.45, 2.75) is 30.8 Å². The van der Waals surface area contributed by atoms with Gasteiger partial charge in [-0.1, -0.05) is 24.0 Å². The van der Waals surface area contributed by atoms with Gasteiger partial charge >= 0.3 is 0 Å². The number of amides is 1. The van der Waals surface area contributed by atoms with Crippen LogP contribution in [0.3, 0.4) is 0 Å². The highest BCUT2D eigenvalue weighted by Gasteiger charge is 2.49. The van der Waals surface area contributed by atoms with E-state index < -0.39 is 0 Å².